The van der Waals surface area contributed by atoms with Crippen LogP contribution in [0.4, 0.5) is 0 Å². The third kappa shape index (κ3) is 108. The molecular weight excluding hydrogens is 179 g/mol. The SMILES string of the molecule is O=CCCl.O=S([O-])O.[Na+]. The zero-order valence-corrected chi connectivity index (χ0v) is 8.32. The smallest absolute Gasteiger partial charge is 0.750 e. The van der Waals surface area contributed by atoms with Crippen LogP contribution in [0.1, 0.15) is 0 Å². The minimum atomic E-state index is -2.86. The number of alkyl halides is 1. The Morgan fingerprint density at radius 3 is 1.89 bits per heavy atom. The van der Waals surface area contributed by atoms with Crippen LogP contribution in [0.25, 0.3) is 0 Å². The van der Waals surface area contributed by atoms with E-state index in [-0.39, 0.29) is 35.4 Å². The van der Waals surface area contributed by atoms with Crippen LogP contribution in [-0.4, -0.2) is 25.5 Å². The van der Waals surface area contributed by atoms with Crippen LogP contribution in [0, 0.1) is 0 Å². The van der Waals surface area contributed by atoms with Gasteiger partial charge in [0.2, 0.25) is 0 Å². The van der Waals surface area contributed by atoms with E-state index in [0.717, 1.165) is 0 Å². The summed E-state index contributed by atoms with van der Waals surface area (Å²) in [5.41, 5.74) is 0. The van der Waals surface area contributed by atoms with E-state index in [2.05, 4.69) is 0 Å². The normalized spacial score (nSPS) is 9.67. The Kier molecular flexibility index (Phi) is 29.4. The first-order valence-electron chi connectivity index (χ1n) is 1.43. The summed E-state index contributed by atoms with van der Waals surface area (Å²) in [7, 11) is 0. The Balaban J connectivity index is -0.0000000720. The fourth-order valence-corrected chi connectivity index (χ4v) is 0. The average Bonchev–Trinajstić information content (AvgIpc) is 1.65. The zero-order chi connectivity index (χ0) is 6.99. The van der Waals surface area contributed by atoms with Gasteiger partial charge in [-0.3, -0.25) is 0 Å². The molecule has 0 aliphatic heterocycles. The van der Waals surface area contributed by atoms with E-state index in [9.17, 15) is 0 Å². The summed E-state index contributed by atoms with van der Waals surface area (Å²) in [6.07, 6.45) is 0.640. The van der Waals surface area contributed by atoms with Gasteiger partial charge in [-0.2, -0.15) is 0 Å². The second-order valence-electron chi connectivity index (χ2n) is 0.538. The Hall–Kier alpha value is 1.03. The second kappa shape index (κ2) is 16.0. The molecule has 0 aliphatic rings. The third-order valence-electron chi connectivity index (χ3n) is 0.0630. The topological polar surface area (TPSA) is 77.4 Å². The van der Waals surface area contributed by atoms with Crippen LogP contribution in [0.3, 0.4) is 0 Å². The molecule has 4 nitrogen and oxygen atoms in total. The van der Waals surface area contributed by atoms with E-state index in [0.29, 0.717) is 6.29 Å². The van der Waals surface area contributed by atoms with Gasteiger partial charge in [-0.15, -0.1) is 11.6 Å². The fourth-order valence-electron chi connectivity index (χ4n) is 0. The van der Waals surface area contributed by atoms with Crippen LogP contribution in [0.2, 0.25) is 0 Å². The molecule has 0 spiro atoms. The first kappa shape index (κ1) is 16.5. The zero-order valence-electron chi connectivity index (χ0n) is 4.74. The number of hydrogen-bond acceptors (Lipinski definition) is 3. The van der Waals surface area contributed by atoms with Crippen molar-refractivity contribution in [3.8, 4) is 0 Å². The van der Waals surface area contributed by atoms with Crippen molar-refractivity contribution in [3.05, 3.63) is 0 Å². The van der Waals surface area contributed by atoms with Gasteiger partial charge in [-0.25, -0.2) is 4.21 Å². The fraction of sp³-hybridized carbons (Fsp3) is 0.500. The molecule has 0 aromatic heterocycles. The van der Waals surface area contributed by atoms with Crippen LogP contribution in [-0.2, 0) is 16.2 Å². The maximum absolute atomic E-state index is 9.04. The molecule has 1 atom stereocenters. The van der Waals surface area contributed by atoms with Crippen molar-refractivity contribution in [1.29, 1.82) is 0 Å². The van der Waals surface area contributed by atoms with Crippen LogP contribution in [0.5, 0.6) is 0 Å². The number of aldehydes is 1. The maximum Gasteiger partial charge on any atom is 1.00 e. The molecule has 0 amide bonds. The molecule has 0 bridgehead atoms. The maximum atomic E-state index is 9.04. The van der Waals surface area contributed by atoms with Crippen molar-refractivity contribution in [2.45, 2.75) is 0 Å². The molecule has 0 aromatic rings. The molecule has 0 saturated heterocycles. The van der Waals surface area contributed by atoms with Crippen molar-refractivity contribution in [3.63, 3.8) is 0 Å². The molecule has 50 valence electrons. The molecule has 0 aromatic carbocycles. The molecule has 0 rings (SSSR count). The standard InChI is InChI=1S/C2H3ClO.Na.H2O3S/c3-1-2-4;;1-4(2)3/h2H,1H2;;(H2,1,2,3)/q;+1;/p-1. The first-order chi connectivity index (χ1) is 3.65. The number of carbonyl (C=O) groups is 1. The number of halogens is 1. The summed E-state index contributed by atoms with van der Waals surface area (Å²) in [6.45, 7) is 0. The van der Waals surface area contributed by atoms with E-state index in [1.54, 1.807) is 0 Å². The minimum Gasteiger partial charge on any atom is -0.750 e. The molecule has 1 unspecified atom stereocenters. The number of carbonyl (C=O) groups excluding carboxylic acids is 1. The Labute approximate surface area is 82.4 Å². The van der Waals surface area contributed by atoms with Crippen LogP contribution >= 0.6 is 11.6 Å². The van der Waals surface area contributed by atoms with Crippen molar-refractivity contribution < 1.29 is 47.7 Å². The molecule has 0 aliphatic carbocycles. The van der Waals surface area contributed by atoms with Crippen molar-refractivity contribution in [2.24, 2.45) is 0 Å². The van der Waals surface area contributed by atoms with Crippen molar-refractivity contribution >= 4 is 29.2 Å². The molecule has 0 heterocycles. The summed E-state index contributed by atoms with van der Waals surface area (Å²) in [6, 6.07) is 0. The quantitative estimate of drug-likeness (QED) is 0.200. The molecule has 0 saturated carbocycles. The Bertz CT molecular complexity index is 75.0. The summed E-state index contributed by atoms with van der Waals surface area (Å²) in [4.78, 5) is 9.04. The van der Waals surface area contributed by atoms with Gasteiger partial charge in [0.1, 0.15) is 6.29 Å². The van der Waals surface area contributed by atoms with E-state index >= 15 is 0 Å². The van der Waals surface area contributed by atoms with Gasteiger partial charge in [0.05, 0.1) is 17.2 Å². The van der Waals surface area contributed by atoms with Gasteiger partial charge in [-0.05, 0) is 0 Å². The van der Waals surface area contributed by atoms with E-state index in [1.165, 1.54) is 0 Å². The summed E-state index contributed by atoms with van der Waals surface area (Å²) in [5, 5.41) is 0. The Morgan fingerprint density at radius 1 is 1.78 bits per heavy atom. The van der Waals surface area contributed by atoms with Crippen LogP contribution in [0.15, 0.2) is 0 Å². The molecule has 9 heavy (non-hydrogen) atoms. The average molecular weight is 183 g/mol. The molecule has 1 N–H and O–H groups in total. The number of hydrogen-bond donors (Lipinski definition) is 1. The van der Waals surface area contributed by atoms with Gasteiger partial charge < -0.3 is 13.9 Å². The summed E-state index contributed by atoms with van der Waals surface area (Å²) in [5.74, 6) is 0.111. The predicted octanol–water partition coefficient (Wildman–Crippen LogP) is -3.23. The van der Waals surface area contributed by atoms with Gasteiger partial charge in [0.25, 0.3) is 0 Å². The summed E-state index contributed by atoms with van der Waals surface area (Å²) < 4.78 is 24.1. The molecular formula is C2H4ClNaO4S. The monoisotopic (exact) mass is 182 g/mol. The van der Waals surface area contributed by atoms with E-state index < -0.39 is 11.4 Å². The first-order valence-corrected chi connectivity index (χ1v) is 2.99. The molecule has 7 heteroatoms. The van der Waals surface area contributed by atoms with E-state index in [1.807, 2.05) is 0 Å². The van der Waals surface area contributed by atoms with Crippen molar-refractivity contribution in [1.82, 2.24) is 0 Å². The third-order valence-corrected chi connectivity index (χ3v) is 0.189. The minimum absolute atomic E-state index is 0. The summed E-state index contributed by atoms with van der Waals surface area (Å²) >= 11 is 1.96. The van der Waals surface area contributed by atoms with Gasteiger partial charge in [0, 0.05) is 0 Å². The van der Waals surface area contributed by atoms with Gasteiger partial charge in [-0.1, -0.05) is 0 Å². The second-order valence-corrected chi connectivity index (χ2v) is 1.28. The molecule has 0 radical (unpaired) electrons. The molecule has 0 fully saturated rings. The van der Waals surface area contributed by atoms with Crippen molar-refractivity contribution in [2.75, 3.05) is 5.88 Å². The predicted molar refractivity (Wildman–Crippen MR) is 28.3 cm³/mol. The van der Waals surface area contributed by atoms with E-state index in [4.69, 9.17) is 29.7 Å². The van der Waals surface area contributed by atoms with Gasteiger partial charge in [0.15, 0.2) is 0 Å². The van der Waals surface area contributed by atoms with Crippen LogP contribution < -0.4 is 29.6 Å². The Morgan fingerprint density at radius 2 is 1.89 bits per heavy atom. The van der Waals surface area contributed by atoms with Gasteiger partial charge >= 0.3 is 29.6 Å². The number of rotatable bonds is 1. The largest absolute Gasteiger partial charge is 1.00 e.